The van der Waals surface area contributed by atoms with Crippen LogP contribution in [-0.4, -0.2) is 39.4 Å². The van der Waals surface area contributed by atoms with Crippen LogP contribution in [0, 0.1) is 0 Å². The number of amides is 2. The molecule has 2 amide bonds. The molecule has 0 bridgehead atoms. The number of benzene rings is 1. The van der Waals surface area contributed by atoms with E-state index in [0.29, 0.717) is 17.8 Å². The SMILES string of the molecule is CCNC(=O)c1ccc(-n2nnc(C(=O)NC3CC3)c2CF)cc1. The first-order valence-corrected chi connectivity index (χ1v) is 7.84. The molecule has 1 aliphatic carbocycles. The molecular formula is C16H18FN5O2. The van der Waals surface area contributed by atoms with E-state index < -0.39 is 12.6 Å². The Hall–Kier alpha value is -2.77. The fraction of sp³-hybridized carbons (Fsp3) is 0.375. The van der Waals surface area contributed by atoms with E-state index in [9.17, 15) is 14.0 Å². The zero-order valence-electron chi connectivity index (χ0n) is 13.3. The van der Waals surface area contributed by atoms with E-state index in [2.05, 4.69) is 20.9 Å². The van der Waals surface area contributed by atoms with Gasteiger partial charge in [-0.25, -0.2) is 9.07 Å². The number of carbonyl (C=O) groups excluding carboxylic acids is 2. The van der Waals surface area contributed by atoms with E-state index in [1.54, 1.807) is 24.3 Å². The average Bonchev–Trinajstić information content (AvgIpc) is 3.29. The van der Waals surface area contributed by atoms with Crippen molar-refractivity contribution in [2.45, 2.75) is 32.5 Å². The van der Waals surface area contributed by atoms with Gasteiger partial charge in [-0.2, -0.15) is 0 Å². The highest BCUT2D eigenvalue weighted by molar-refractivity contribution is 5.94. The third kappa shape index (κ3) is 3.27. The highest BCUT2D eigenvalue weighted by atomic mass is 19.1. The summed E-state index contributed by atoms with van der Waals surface area (Å²) in [5.74, 6) is -0.590. The van der Waals surface area contributed by atoms with Crippen LogP contribution in [0.15, 0.2) is 24.3 Å². The van der Waals surface area contributed by atoms with E-state index in [-0.39, 0.29) is 23.3 Å². The number of rotatable bonds is 6. The molecule has 0 radical (unpaired) electrons. The second kappa shape index (κ2) is 6.77. The normalized spacial score (nSPS) is 13.6. The van der Waals surface area contributed by atoms with Crippen LogP contribution in [0.5, 0.6) is 0 Å². The number of nitrogens with one attached hydrogen (secondary N) is 2. The summed E-state index contributed by atoms with van der Waals surface area (Å²) in [6, 6.07) is 6.68. The molecule has 8 heteroatoms. The van der Waals surface area contributed by atoms with E-state index >= 15 is 0 Å². The summed E-state index contributed by atoms with van der Waals surface area (Å²) in [7, 11) is 0. The topological polar surface area (TPSA) is 88.9 Å². The Balaban J connectivity index is 1.84. The first-order chi connectivity index (χ1) is 11.6. The van der Waals surface area contributed by atoms with Crippen LogP contribution < -0.4 is 10.6 Å². The van der Waals surface area contributed by atoms with Gasteiger partial charge in [-0.1, -0.05) is 5.21 Å². The molecule has 1 aromatic carbocycles. The van der Waals surface area contributed by atoms with Crippen LogP contribution in [0.1, 0.15) is 46.3 Å². The van der Waals surface area contributed by atoms with Gasteiger partial charge in [0.15, 0.2) is 5.69 Å². The second-order valence-corrected chi connectivity index (χ2v) is 5.58. The number of aromatic nitrogens is 3. The lowest BCUT2D eigenvalue weighted by Gasteiger charge is -2.07. The molecule has 1 fully saturated rings. The van der Waals surface area contributed by atoms with Crippen LogP contribution >= 0.6 is 0 Å². The monoisotopic (exact) mass is 331 g/mol. The Morgan fingerprint density at radius 1 is 1.25 bits per heavy atom. The van der Waals surface area contributed by atoms with Crippen LogP contribution in [0.25, 0.3) is 5.69 Å². The van der Waals surface area contributed by atoms with Gasteiger partial charge in [-0.05, 0) is 44.0 Å². The lowest BCUT2D eigenvalue weighted by Crippen LogP contribution is -2.26. The van der Waals surface area contributed by atoms with E-state index in [0.717, 1.165) is 12.8 Å². The third-order valence-corrected chi connectivity index (χ3v) is 3.73. The Morgan fingerprint density at radius 2 is 1.96 bits per heavy atom. The van der Waals surface area contributed by atoms with Crippen LogP contribution in [-0.2, 0) is 6.67 Å². The minimum absolute atomic E-state index is 0.00259. The summed E-state index contributed by atoms with van der Waals surface area (Å²) >= 11 is 0. The lowest BCUT2D eigenvalue weighted by atomic mass is 10.2. The van der Waals surface area contributed by atoms with Crippen molar-refractivity contribution in [2.75, 3.05) is 6.54 Å². The van der Waals surface area contributed by atoms with E-state index in [4.69, 9.17) is 0 Å². The van der Waals surface area contributed by atoms with Gasteiger partial charge in [0.1, 0.15) is 12.4 Å². The first-order valence-electron chi connectivity index (χ1n) is 7.84. The van der Waals surface area contributed by atoms with Gasteiger partial charge in [0, 0.05) is 18.2 Å². The van der Waals surface area contributed by atoms with Crippen molar-refractivity contribution in [3.05, 3.63) is 41.2 Å². The maximum Gasteiger partial charge on any atom is 0.274 e. The molecule has 3 rings (SSSR count). The Morgan fingerprint density at radius 3 is 2.54 bits per heavy atom. The summed E-state index contributed by atoms with van der Waals surface area (Å²) in [4.78, 5) is 23.8. The average molecular weight is 331 g/mol. The van der Waals surface area contributed by atoms with E-state index in [1.165, 1.54) is 4.68 Å². The van der Waals surface area contributed by atoms with Crippen molar-refractivity contribution >= 4 is 11.8 Å². The molecule has 0 spiro atoms. The van der Waals surface area contributed by atoms with Gasteiger partial charge >= 0.3 is 0 Å². The minimum atomic E-state index is -0.863. The number of halogens is 1. The highest BCUT2D eigenvalue weighted by Crippen LogP contribution is 2.20. The van der Waals surface area contributed by atoms with Gasteiger partial charge in [-0.15, -0.1) is 5.10 Å². The molecule has 0 atom stereocenters. The summed E-state index contributed by atoms with van der Waals surface area (Å²) in [6.07, 6.45) is 1.87. The third-order valence-electron chi connectivity index (χ3n) is 3.73. The molecule has 1 aliphatic rings. The second-order valence-electron chi connectivity index (χ2n) is 5.58. The summed E-state index contributed by atoms with van der Waals surface area (Å²) in [5.41, 5.74) is 1.12. The lowest BCUT2D eigenvalue weighted by molar-refractivity contribution is 0.0940. The maximum atomic E-state index is 13.4. The molecule has 1 saturated carbocycles. The van der Waals surface area contributed by atoms with Crippen molar-refractivity contribution in [2.24, 2.45) is 0 Å². The van der Waals surface area contributed by atoms with Crippen LogP contribution in [0.2, 0.25) is 0 Å². The van der Waals surface area contributed by atoms with Gasteiger partial charge < -0.3 is 10.6 Å². The summed E-state index contributed by atoms with van der Waals surface area (Å²) in [6.45, 7) is 1.51. The number of nitrogens with zero attached hydrogens (tertiary/aromatic N) is 3. The van der Waals surface area contributed by atoms with Crippen molar-refractivity contribution in [1.29, 1.82) is 0 Å². The molecule has 2 N–H and O–H groups in total. The molecule has 2 aromatic rings. The molecule has 126 valence electrons. The first kappa shape index (κ1) is 16.1. The summed E-state index contributed by atoms with van der Waals surface area (Å²) < 4.78 is 14.7. The number of hydrogen-bond acceptors (Lipinski definition) is 4. The Kier molecular flexibility index (Phi) is 4.54. The number of alkyl halides is 1. The van der Waals surface area contributed by atoms with Crippen LogP contribution in [0.3, 0.4) is 0 Å². The summed E-state index contributed by atoms with van der Waals surface area (Å²) in [5, 5.41) is 13.2. The quantitative estimate of drug-likeness (QED) is 0.837. The minimum Gasteiger partial charge on any atom is -0.352 e. The molecular weight excluding hydrogens is 313 g/mol. The fourth-order valence-corrected chi connectivity index (χ4v) is 2.30. The van der Waals surface area contributed by atoms with Gasteiger partial charge in [0.05, 0.1) is 5.69 Å². The largest absolute Gasteiger partial charge is 0.352 e. The number of hydrogen-bond donors (Lipinski definition) is 2. The Labute approximate surface area is 138 Å². The molecule has 0 saturated heterocycles. The zero-order chi connectivity index (χ0) is 17.1. The van der Waals surface area contributed by atoms with Gasteiger partial charge in [-0.3, -0.25) is 9.59 Å². The molecule has 1 heterocycles. The molecule has 24 heavy (non-hydrogen) atoms. The Bertz CT molecular complexity index is 752. The smallest absolute Gasteiger partial charge is 0.274 e. The molecule has 1 aromatic heterocycles. The zero-order valence-corrected chi connectivity index (χ0v) is 13.3. The molecule has 0 aliphatic heterocycles. The van der Waals surface area contributed by atoms with Crippen molar-refractivity contribution < 1.29 is 14.0 Å². The molecule has 7 nitrogen and oxygen atoms in total. The number of carbonyl (C=O) groups is 2. The van der Waals surface area contributed by atoms with Crippen LogP contribution in [0.4, 0.5) is 4.39 Å². The maximum absolute atomic E-state index is 13.4. The van der Waals surface area contributed by atoms with Gasteiger partial charge in [0.25, 0.3) is 11.8 Å². The predicted octanol–water partition coefficient (Wildman–Crippen LogP) is 1.38. The fourth-order valence-electron chi connectivity index (χ4n) is 2.30. The highest BCUT2D eigenvalue weighted by Gasteiger charge is 2.27. The van der Waals surface area contributed by atoms with Crippen molar-refractivity contribution in [1.82, 2.24) is 25.6 Å². The predicted molar refractivity (Wildman–Crippen MR) is 84.7 cm³/mol. The standard InChI is InChI=1S/C16H18FN5O2/c1-2-18-15(23)10-3-7-12(8-4-10)22-13(9-17)14(20-21-22)16(24)19-11-5-6-11/h3-4,7-8,11H,2,5-6,9H2,1H3,(H,18,23)(H,19,24). The van der Waals surface area contributed by atoms with Crippen molar-refractivity contribution in [3.63, 3.8) is 0 Å². The molecule has 0 unspecified atom stereocenters. The van der Waals surface area contributed by atoms with Crippen molar-refractivity contribution in [3.8, 4) is 5.69 Å². The van der Waals surface area contributed by atoms with E-state index in [1.807, 2.05) is 6.92 Å². The van der Waals surface area contributed by atoms with Gasteiger partial charge in [0.2, 0.25) is 0 Å².